The standard InChI is InChI=1S/C11H16N7O2.F6P/c1-16(2)11(17(3)4)19-20-18-10-8(13-12)6-5-7-9(10)14-15-18;1-7(2,3,4,5)6/h5-7,12H,1-4H3;/q+1;-1. The Morgan fingerprint density at radius 3 is 2.19 bits per heavy atom. The van der Waals surface area contributed by atoms with Gasteiger partial charge in [0.05, 0.1) is 28.2 Å². The third-order valence-electron chi connectivity index (χ3n) is 2.49. The van der Waals surface area contributed by atoms with E-state index < -0.39 is 7.81 Å². The van der Waals surface area contributed by atoms with Gasteiger partial charge in [0.2, 0.25) is 0 Å². The van der Waals surface area contributed by atoms with Crippen molar-refractivity contribution in [2.75, 3.05) is 28.2 Å². The van der Waals surface area contributed by atoms with E-state index in [0.717, 1.165) is 4.85 Å². The zero-order valence-corrected chi connectivity index (χ0v) is 15.3. The fraction of sp³-hybridized carbons (Fsp3) is 0.364. The second-order valence-corrected chi connectivity index (χ2v) is 7.32. The van der Waals surface area contributed by atoms with Crippen LogP contribution in [0.15, 0.2) is 23.3 Å². The number of fused-ring (bicyclic) bond motifs is 1. The summed E-state index contributed by atoms with van der Waals surface area (Å²) in [4.78, 5) is 13.2. The van der Waals surface area contributed by atoms with Crippen LogP contribution in [-0.4, -0.2) is 58.8 Å². The third kappa shape index (κ3) is 8.48. The van der Waals surface area contributed by atoms with Crippen LogP contribution in [0.25, 0.3) is 11.0 Å². The van der Waals surface area contributed by atoms with Gasteiger partial charge in [-0.1, -0.05) is 6.07 Å². The summed E-state index contributed by atoms with van der Waals surface area (Å²) in [5, 5.41) is 11.2. The molecular formula is C11H16F6N7O2P. The maximum absolute atomic E-state index is 10.7. The monoisotopic (exact) mass is 423 g/mol. The summed E-state index contributed by atoms with van der Waals surface area (Å²) >= 11 is 0. The Labute approximate surface area is 148 Å². The second kappa shape index (κ2) is 6.79. The van der Waals surface area contributed by atoms with Crippen LogP contribution in [0.4, 0.5) is 30.9 Å². The van der Waals surface area contributed by atoms with E-state index in [9.17, 15) is 25.2 Å². The first kappa shape index (κ1) is 22.3. The van der Waals surface area contributed by atoms with E-state index in [2.05, 4.69) is 15.4 Å². The van der Waals surface area contributed by atoms with Crippen molar-refractivity contribution in [3.8, 4) is 0 Å². The van der Waals surface area contributed by atoms with Gasteiger partial charge >= 0.3 is 39.0 Å². The van der Waals surface area contributed by atoms with Gasteiger partial charge in [-0.3, -0.25) is 0 Å². The third-order valence-corrected chi connectivity index (χ3v) is 2.49. The van der Waals surface area contributed by atoms with Crippen LogP contribution < -0.4 is 4.99 Å². The van der Waals surface area contributed by atoms with Gasteiger partial charge in [0, 0.05) is 0 Å². The van der Waals surface area contributed by atoms with Crippen molar-refractivity contribution in [2.24, 2.45) is 5.11 Å². The molecule has 0 saturated heterocycles. The summed E-state index contributed by atoms with van der Waals surface area (Å²) in [7, 11) is -3.37. The molecule has 0 unspecified atom stereocenters. The molecule has 9 nitrogen and oxygen atoms in total. The molecular weight excluding hydrogens is 407 g/mol. The van der Waals surface area contributed by atoms with Crippen LogP contribution in [0.2, 0.25) is 0 Å². The molecule has 0 radical (unpaired) electrons. The van der Waals surface area contributed by atoms with Crippen LogP contribution >= 0.6 is 7.81 Å². The van der Waals surface area contributed by atoms with E-state index in [1.807, 2.05) is 28.2 Å². The Morgan fingerprint density at radius 1 is 1.19 bits per heavy atom. The van der Waals surface area contributed by atoms with Gasteiger partial charge in [0.25, 0.3) is 0 Å². The van der Waals surface area contributed by atoms with Crippen LogP contribution in [-0.2, 0) is 4.89 Å². The zero-order valence-electron chi connectivity index (χ0n) is 14.4. The zero-order chi connectivity index (χ0) is 21.1. The van der Waals surface area contributed by atoms with Crippen molar-refractivity contribution >= 4 is 30.6 Å². The molecule has 0 aliphatic rings. The average molecular weight is 423 g/mol. The van der Waals surface area contributed by atoms with Crippen LogP contribution in [0, 0.1) is 5.53 Å². The van der Waals surface area contributed by atoms with Crippen LogP contribution in [0.5, 0.6) is 0 Å². The molecule has 0 fully saturated rings. The Balaban J connectivity index is 0.000000445. The molecule has 1 N–H and O–H groups in total. The summed E-state index contributed by atoms with van der Waals surface area (Å²) in [6.45, 7) is 0. The first-order valence-electron chi connectivity index (χ1n) is 6.84. The summed E-state index contributed by atoms with van der Waals surface area (Å²) in [5.41, 5.74) is 8.59. The number of aromatic nitrogens is 3. The number of nitrogens with zero attached hydrogens (tertiary/aromatic N) is 6. The number of hydrogen-bond donors (Lipinski definition) is 1. The molecule has 0 aliphatic heterocycles. The molecule has 2 aromatic rings. The van der Waals surface area contributed by atoms with E-state index in [1.54, 1.807) is 27.7 Å². The molecule has 0 amide bonds. The van der Waals surface area contributed by atoms with E-state index in [-0.39, 0.29) is 0 Å². The molecule has 1 heterocycles. The maximum atomic E-state index is 9.87. The molecule has 0 bridgehead atoms. The Hall–Kier alpha value is -2.70. The minimum atomic E-state index is -10.7. The fourth-order valence-corrected chi connectivity index (χ4v) is 1.69. The van der Waals surface area contributed by atoms with Gasteiger partial charge in [-0.25, -0.2) is 15.0 Å². The second-order valence-electron chi connectivity index (χ2n) is 5.41. The van der Waals surface area contributed by atoms with Gasteiger partial charge < -0.3 is 0 Å². The molecule has 0 spiro atoms. The van der Waals surface area contributed by atoms with E-state index in [4.69, 9.17) is 15.4 Å². The van der Waals surface area contributed by atoms with Gasteiger partial charge in [-0.05, 0) is 22.2 Å². The number of para-hydroxylation sites is 1. The average Bonchev–Trinajstić information content (AvgIpc) is 2.87. The molecule has 0 aliphatic carbocycles. The van der Waals surface area contributed by atoms with Crippen molar-refractivity contribution in [1.82, 2.24) is 20.1 Å². The molecule has 0 saturated carbocycles. The van der Waals surface area contributed by atoms with Gasteiger partial charge in [-0.15, -0.1) is 5.10 Å². The summed E-state index contributed by atoms with van der Waals surface area (Å²) in [5.74, 6) is 0. The minimum absolute atomic E-state index is 0.396. The SMILES string of the molecule is CN(C)C(OOn1nnc2cccc(N=N)c21)=[N+](C)C.F[P-](F)(F)(F)(F)F. The van der Waals surface area contributed by atoms with Gasteiger partial charge in [0.15, 0.2) is 5.52 Å². The Kier molecular flexibility index (Phi) is 5.62. The van der Waals surface area contributed by atoms with E-state index >= 15 is 0 Å². The van der Waals surface area contributed by atoms with Crippen molar-refractivity contribution in [3.05, 3.63) is 18.2 Å². The molecule has 27 heavy (non-hydrogen) atoms. The van der Waals surface area contributed by atoms with Crippen molar-refractivity contribution in [2.45, 2.75) is 0 Å². The Morgan fingerprint density at radius 2 is 1.74 bits per heavy atom. The summed E-state index contributed by atoms with van der Waals surface area (Å²) in [6.07, 6.45) is 0. The normalized spacial score (nSPS) is 13.6. The van der Waals surface area contributed by atoms with Crippen LogP contribution in [0.1, 0.15) is 0 Å². The van der Waals surface area contributed by atoms with Gasteiger partial charge in [-0.2, -0.15) is 15.0 Å². The van der Waals surface area contributed by atoms with Crippen molar-refractivity contribution in [1.29, 1.82) is 5.53 Å². The number of benzene rings is 1. The van der Waals surface area contributed by atoms with E-state index in [0.29, 0.717) is 22.7 Å². The molecule has 0 atom stereocenters. The predicted octanol–water partition coefficient (Wildman–Crippen LogP) is 4.03. The van der Waals surface area contributed by atoms with Gasteiger partial charge in [0.1, 0.15) is 11.2 Å². The molecule has 1 aromatic heterocycles. The van der Waals surface area contributed by atoms with Crippen molar-refractivity contribution < 1.29 is 39.6 Å². The molecule has 154 valence electrons. The number of hydrogen-bond acceptors (Lipinski definition) is 6. The number of halogens is 6. The molecule has 2 rings (SSSR count). The quantitative estimate of drug-likeness (QED) is 0.118. The Bertz CT molecular complexity index is 850. The first-order chi connectivity index (χ1) is 12.0. The summed E-state index contributed by atoms with van der Waals surface area (Å²) < 4.78 is 60.9. The number of amidine groups is 1. The molecule has 1 aromatic carbocycles. The topological polar surface area (TPSA) is 91.6 Å². The fourth-order valence-electron chi connectivity index (χ4n) is 1.69. The van der Waals surface area contributed by atoms with Crippen molar-refractivity contribution in [3.63, 3.8) is 0 Å². The molecule has 16 heteroatoms. The first-order valence-corrected chi connectivity index (χ1v) is 8.87. The summed E-state index contributed by atoms with van der Waals surface area (Å²) in [6, 6.07) is 5.64. The number of rotatable bonds is 3. The predicted molar refractivity (Wildman–Crippen MR) is 84.4 cm³/mol. The van der Waals surface area contributed by atoms with E-state index in [1.165, 1.54) is 0 Å². The van der Waals surface area contributed by atoms with Crippen LogP contribution in [0.3, 0.4) is 0 Å². The number of nitrogens with one attached hydrogen (secondary N) is 1.